The van der Waals surface area contributed by atoms with Crippen LogP contribution in [0.15, 0.2) is 52.2 Å². The highest BCUT2D eigenvalue weighted by Crippen LogP contribution is 2.37. The summed E-state index contributed by atoms with van der Waals surface area (Å²) in [6.07, 6.45) is 3.23. The van der Waals surface area contributed by atoms with E-state index in [1.807, 2.05) is 6.07 Å². The van der Waals surface area contributed by atoms with E-state index in [1.165, 1.54) is 0 Å². The first kappa shape index (κ1) is 29.4. The molecule has 4 rings (SSSR count). The normalized spacial score (nSPS) is 15.4. The number of carboxylic acid groups (broad SMARTS) is 1. The average Bonchev–Trinajstić information content (AvgIpc) is 3.18. The number of amides is 1. The molecule has 0 spiro atoms. The number of carbonyl (C=O) groups is 3. The molecule has 12 heteroatoms. The van der Waals surface area contributed by atoms with Gasteiger partial charge in [0.25, 0.3) is 0 Å². The van der Waals surface area contributed by atoms with E-state index in [2.05, 4.69) is 20.9 Å². The van der Waals surface area contributed by atoms with E-state index < -0.39 is 30.2 Å². The predicted molar refractivity (Wildman–Crippen MR) is 150 cm³/mol. The van der Waals surface area contributed by atoms with Crippen LogP contribution in [0.25, 0.3) is 0 Å². The van der Waals surface area contributed by atoms with Crippen molar-refractivity contribution >= 4 is 45.4 Å². The summed E-state index contributed by atoms with van der Waals surface area (Å²) in [6, 6.07) is 8.68. The number of imidazole rings is 1. The molecule has 1 amide bonds. The number of carbonyl (C=O) groups excluding carboxylic acids is 2. The summed E-state index contributed by atoms with van der Waals surface area (Å²) in [4.78, 5) is 40.9. The third-order valence-corrected chi connectivity index (χ3v) is 6.88. The molecule has 1 unspecified atom stereocenters. The number of nitrogens with zero attached hydrogens (tertiary/aromatic N) is 3. The lowest BCUT2D eigenvalue weighted by Gasteiger charge is -2.26. The highest BCUT2D eigenvalue weighted by atomic mass is 79.9. The Hall–Kier alpha value is -3.57. The lowest BCUT2D eigenvalue weighted by Crippen LogP contribution is -2.30. The molecule has 3 aromatic rings. The standard InChI is InChI=1S/C28H29BrClN3O7/c1-28(2,3)40-27(37)31-26-32(4)7-8-33(26)13-17-10-19-24(36)18(14-39-25(19)20(29)11-17)9-16-5-6-21(30)22(12-16)38-15-23(34)35/h5-8,10-12,18H,9,13-15H2,1-4H3,(H,34,35). The zero-order valence-corrected chi connectivity index (χ0v) is 24.8. The Kier molecular flexibility index (Phi) is 8.74. The van der Waals surface area contributed by atoms with Crippen molar-refractivity contribution in [2.75, 3.05) is 13.2 Å². The maximum absolute atomic E-state index is 13.6. The van der Waals surface area contributed by atoms with Crippen LogP contribution in [0.2, 0.25) is 5.02 Å². The van der Waals surface area contributed by atoms with Gasteiger partial charge in [0.2, 0.25) is 5.62 Å². The number of aryl methyl sites for hydroxylation is 1. The number of aromatic nitrogens is 2. The van der Waals surface area contributed by atoms with Gasteiger partial charge < -0.3 is 28.5 Å². The lowest BCUT2D eigenvalue weighted by atomic mass is 9.89. The van der Waals surface area contributed by atoms with E-state index in [0.29, 0.717) is 34.4 Å². The van der Waals surface area contributed by atoms with Crippen molar-refractivity contribution in [3.05, 3.63) is 74.5 Å². The Labute approximate surface area is 244 Å². The summed E-state index contributed by atoms with van der Waals surface area (Å²) in [5, 5.41) is 9.18. The molecule has 2 aromatic carbocycles. The summed E-state index contributed by atoms with van der Waals surface area (Å²) in [5.74, 6) is -0.949. The smallest absolute Gasteiger partial charge is 0.437 e. The lowest BCUT2D eigenvalue weighted by molar-refractivity contribution is -0.139. The molecule has 0 radical (unpaired) electrons. The number of benzene rings is 2. The van der Waals surface area contributed by atoms with Crippen molar-refractivity contribution in [3.63, 3.8) is 0 Å². The second-order valence-corrected chi connectivity index (χ2v) is 11.7. The first-order chi connectivity index (χ1) is 18.8. The molecule has 2 heterocycles. The molecule has 40 heavy (non-hydrogen) atoms. The van der Waals surface area contributed by atoms with E-state index in [-0.39, 0.29) is 23.2 Å². The van der Waals surface area contributed by atoms with E-state index in [4.69, 9.17) is 30.9 Å². The minimum absolute atomic E-state index is 0.0801. The zero-order chi connectivity index (χ0) is 29.2. The second-order valence-electron chi connectivity index (χ2n) is 10.4. The number of ketones is 1. The molecule has 0 fully saturated rings. The van der Waals surface area contributed by atoms with Crippen LogP contribution >= 0.6 is 27.5 Å². The highest BCUT2D eigenvalue weighted by Gasteiger charge is 2.31. The van der Waals surface area contributed by atoms with Gasteiger partial charge in [-0.3, -0.25) is 4.79 Å². The third kappa shape index (κ3) is 7.14. The number of carboxylic acids is 1. The van der Waals surface area contributed by atoms with Crippen LogP contribution in [0.1, 0.15) is 42.3 Å². The quantitative estimate of drug-likeness (QED) is 0.387. The molecular weight excluding hydrogens is 606 g/mol. The molecule has 1 atom stereocenters. The number of ether oxygens (including phenoxy) is 3. The molecule has 0 bridgehead atoms. The number of rotatable bonds is 7. The largest absolute Gasteiger partial charge is 0.491 e. The molecule has 0 saturated heterocycles. The Balaban J connectivity index is 1.57. The Morgan fingerprint density at radius 2 is 1.95 bits per heavy atom. The van der Waals surface area contributed by atoms with Crippen molar-refractivity contribution in [3.8, 4) is 11.5 Å². The zero-order valence-electron chi connectivity index (χ0n) is 22.4. The van der Waals surface area contributed by atoms with Crippen LogP contribution in [0.4, 0.5) is 4.79 Å². The fourth-order valence-electron chi connectivity index (χ4n) is 4.26. The first-order valence-corrected chi connectivity index (χ1v) is 13.6. The number of hydrogen-bond donors (Lipinski definition) is 1. The molecule has 1 aliphatic heterocycles. The van der Waals surface area contributed by atoms with Gasteiger partial charge in [0, 0.05) is 19.4 Å². The highest BCUT2D eigenvalue weighted by molar-refractivity contribution is 9.10. The average molecular weight is 635 g/mol. The Bertz CT molecular complexity index is 1540. The van der Waals surface area contributed by atoms with Gasteiger partial charge in [-0.1, -0.05) is 17.7 Å². The Morgan fingerprint density at radius 3 is 2.65 bits per heavy atom. The fraction of sp³-hybridized carbons (Fsp3) is 0.357. The summed E-state index contributed by atoms with van der Waals surface area (Å²) < 4.78 is 20.7. The summed E-state index contributed by atoms with van der Waals surface area (Å²) in [7, 11) is 1.78. The predicted octanol–water partition coefficient (Wildman–Crippen LogP) is 5.02. The van der Waals surface area contributed by atoms with Gasteiger partial charge in [-0.25, -0.2) is 9.59 Å². The Morgan fingerprint density at radius 1 is 1.20 bits per heavy atom. The molecule has 10 nitrogen and oxygen atoms in total. The van der Waals surface area contributed by atoms with Crippen molar-refractivity contribution < 1.29 is 33.7 Å². The van der Waals surface area contributed by atoms with Crippen molar-refractivity contribution in [2.24, 2.45) is 18.0 Å². The maximum Gasteiger partial charge on any atom is 0.437 e. The van der Waals surface area contributed by atoms with Gasteiger partial charge in [-0.2, -0.15) is 0 Å². The van der Waals surface area contributed by atoms with Crippen molar-refractivity contribution in [1.29, 1.82) is 0 Å². The van der Waals surface area contributed by atoms with E-state index in [9.17, 15) is 14.4 Å². The van der Waals surface area contributed by atoms with Crippen molar-refractivity contribution in [2.45, 2.75) is 39.3 Å². The monoisotopic (exact) mass is 633 g/mol. The van der Waals surface area contributed by atoms with E-state index in [0.717, 1.165) is 11.1 Å². The number of aliphatic carboxylic acids is 1. The van der Waals surface area contributed by atoms with Gasteiger partial charge in [-0.05, 0) is 78.5 Å². The molecular formula is C28H29BrClN3O7. The van der Waals surface area contributed by atoms with Crippen LogP contribution in [0.3, 0.4) is 0 Å². The van der Waals surface area contributed by atoms with E-state index in [1.54, 1.807) is 73.6 Å². The second kappa shape index (κ2) is 11.9. The van der Waals surface area contributed by atoms with Crippen LogP contribution in [-0.2, 0) is 29.5 Å². The first-order valence-electron chi connectivity index (χ1n) is 12.4. The van der Waals surface area contributed by atoms with Gasteiger partial charge in [-0.15, -0.1) is 4.99 Å². The topological polar surface area (TPSA) is 121 Å². The SMILES string of the molecule is Cn1ccn(Cc2cc(Br)c3c(c2)C(=O)C(Cc2ccc(Cl)c(OCC(=O)O)c2)CO3)c1=NC(=O)OC(C)(C)C. The molecule has 0 aliphatic carbocycles. The van der Waals surface area contributed by atoms with Crippen LogP contribution < -0.4 is 15.1 Å². The maximum atomic E-state index is 13.6. The van der Waals surface area contributed by atoms with Crippen molar-refractivity contribution in [1.82, 2.24) is 9.13 Å². The van der Waals surface area contributed by atoms with Gasteiger partial charge in [0.1, 0.15) is 17.1 Å². The summed E-state index contributed by atoms with van der Waals surface area (Å²) >= 11 is 9.67. The van der Waals surface area contributed by atoms with Gasteiger partial charge in [0.05, 0.1) is 34.1 Å². The summed E-state index contributed by atoms with van der Waals surface area (Å²) in [5.41, 5.74) is 1.73. The molecule has 1 aromatic heterocycles. The van der Waals surface area contributed by atoms with Crippen LogP contribution in [-0.4, -0.2) is 50.9 Å². The molecule has 1 N–H and O–H groups in total. The molecule has 0 saturated carbocycles. The minimum atomic E-state index is -1.12. The van der Waals surface area contributed by atoms with Gasteiger partial charge >= 0.3 is 12.1 Å². The molecule has 1 aliphatic rings. The van der Waals surface area contributed by atoms with Gasteiger partial charge in [0.15, 0.2) is 12.4 Å². The number of Topliss-reactive ketones (excluding diaryl/α,β-unsaturated/α-hetero) is 1. The number of fused-ring (bicyclic) bond motifs is 1. The van der Waals surface area contributed by atoms with Crippen LogP contribution in [0.5, 0.6) is 11.5 Å². The van der Waals surface area contributed by atoms with Crippen LogP contribution in [0, 0.1) is 5.92 Å². The third-order valence-electron chi connectivity index (χ3n) is 5.98. The molecule has 212 valence electrons. The summed E-state index contributed by atoms with van der Waals surface area (Å²) in [6.45, 7) is 5.32. The fourth-order valence-corrected chi connectivity index (χ4v) is 5.05. The number of hydrogen-bond acceptors (Lipinski definition) is 6. The number of halogens is 2. The van der Waals surface area contributed by atoms with E-state index >= 15 is 0 Å². The minimum Gasteiger partial charge on any atom is -0.491 e.